The molecule has 0 aliphatic heterocycles. The van der Waals surface area contributed by atoms with Crippen molar-refractivity contribution in [2.24, 2.45) is 5.92 Å². The monoisotopic (exact) mass is 661 g/mol. The van der Waals surface area contributed by atoms with Gasteiger partial charge in [0.05, 0.1) is 11.9 Å². The molecule has 1 N–H and O–H groups in total. The third-order valence-corrected chi connectivity index (χ3v) is 8.04. The van der Waals surface area contributed by atoms with Crippen LogP contribution in [0.3, 0.4) is 0 Å². The number of sulfonamides is 1. The second-order valence-corrected chi connectivity index (χ2v) is 13.3. The molecule has 0 radical (unpaired) electrons. The molecule has 0 aliphatic carbocycles. The first-order chi connectivity index (χ1) is 18.4. The van der Waals surface area contributed by atoms with Gasteiger partial charge in [0.2, 0.25) is 21.8 Å². The van der Waals surface area contributed by atoms with E-state index in [9.17, 15) is 18.0 Å². The second kappa shape index (κ2) is 13.9. The van der Waals surface area contributed by atoms with Crippen LogP contribution in [0.4, 0.5) is 5.69 Å². The number of hydrogen-bond acceptors (Lipinski definition) is 4. The Hall–Kier alpha value is -2.92. The highest BCUT2D eigenvalue weighted by atomic mass is 127. The third-order valence-electron chi connectivity index (χ3n) is 6.18. The fraction of sp³-hybridized carbons (Fsp3) is 0.333. The molecule has 3 aromatic carbocycles. The number of nitrogens with one attached hydrogen (secondary N) is 1. The molecular weight excluding hydrogens is 625 g/mol. The number of anilines is 1. The van der Waals surface area contributed by atoms with Crippen LogP contribution >= 0.6 is 22.6 Å². The van der Waals surface area contributed by atoms with E-state index in [2.05, 4.69) is 27.9 Å². The highest BCUT2D eigenvalue weighted by molar-refractivity contribution is 14.1. The quantitative estimate of drug-likeness (QED) is 0.284. The summed E-state index contributed by atoms with van der Waals surface area (Å²) in [6.45, 7) is 6.19. The number of carbonyl (C=O) groups excluding carboxylic acids is 2. The van der Waals surface area contributed by atoms with Crippen molar-refractivity contribution in [1.82, 2.24) is 10.2 Å². The van der Waals surface area contributed by atoms with Crippen LogP contribution in [0.2, 0.25) is 0 Å². The molecule has 39 heavy (non-hydrogen) atoms. The summed E-state index contributed by atoms with van der Waals surface area (Å²) in [5, 5.41) is 2.99. The van der Waals surface area contributed by atoms with Crippen LogP contribution in [0.25, 0.3) is 0 Å². The maximum absolute atomic E-state index is 14.0. The molecule has 0 aliphatic rings. The summed E-state index contributed by atoms with van der Waals surface area (Å²) in [6, 6.07) is 23.4. The number of halogens is 1. The van der Waals surface area contributed by atoms with Crippen LogP contribution in [0.15, 0.2) is 78.9 Å². The van der Waals surface area contributed by atoms with E-state index in [1.165, 1.54) is 4.90 Å². The molecule has 0 fully saturated rings. The van der Waals surface area contributed by atoms with Gasteiger partial charge in [-0.15, -0.1) is 0 Å². The predicted molar refractivity (Wildman–Crippen MR) is 165 cm³/mol. The van der Waals surface area contributed by atoms with Crippen molar-refractivity contribution in [1.29, 1.82) is 0 Å². The normalized spacial score (nSPS) is 12.2. The molecule has 0 unspecified atom stereocenters. The molecule has 1 atom stereocenters. The van der Waals surface area contributed by atoms with E-state index in [4.69, 9.17) is 0 Å². The van der Waals surface area contributed by atoms with E-state index < -0.39 is 28.5 Å². The van der Waals surface area contributed by atoms with Crippen LogP contribution in [0, 0.1) is 16.4 Å². The van der Waals surface area contributed by atoms with Crippen molar-refractivity contribution in [2.75, 3.05) is 23.7 Å². The zero-order chi connectivity index (χ0) is 28.6. The molecule has 208 valence electrons. The van der Waals surface area contributed by atoms with E-state index in [1.54, 1.807) is 24.3 Å². The van der Waals surface area contributed by atoms with Crippen LogP contribution in [0.1, 0.15) is 30.5 Å². The molecule has 0 spiro atoms. The minimum atomic E-state index is -3.78. The number of carbonyl (C=O) groups is 2. The molecule has 0 saturated heterocycles. The SMILES string of the molecule is Cc1cccc(CN(C(=O)CN(c2ccc(I)cc2)S(C)(=O)=O)[C@H](Cc2ccccc2)C(=O)NCC(C)C)c1. The van der Waals surface area contributed by atoms with Gasteiger partial charge < -0.3 is 10.2 Å². The molecule has 2 amide bonds. The molecule has 0 aromatic heterocycles. The maximum Gasteiger partial charge on any atom is 0.244 e. The van der Waals surface area contributed by atoms with E-state index in [-0.39, 0.29) is 18.4 Å². The van der Waals surface area contributed by atoms with Gasteiger partial charge in [0.25, 0.3) is 0 Å². The lowest BCUT2D eigenvalue weighted by atomic mass is 10.0. The lowest BCUT2D eigenvalue weighted by Crippen LogP contribution is -2.53. The zero-order valence-electron chi connectivity index (χ0n) is 22.8. The maximum atomic E-state index is 14.0. The van der Waals surface area contributed by atoms with Crippen molar-refractivity contribution in [3.8, 4) is 0 Å². The second-order valence-electron chi connectivity index (χ2n) is 10.1. The molecule has 3 rings (SSSR count). The summed E-state index contributed by atoms with van der Waals surface area (Å²) < 4.78 is 27.7. The summed E-state index contributed by atoms with van der Waals surface area (Å²) in [6.07, 6.45) is 1.38. The van der Waals surface area contributed by atoms with Gasteiger partial charge in [0, 0.05) is 23.1 Å². The first kappa shape index (κ1) is 30.6. The van der Waals surface area contributed by atoms with E-state index in [0.29, 0.717) is 18.7 Å². The average molecular weight is 662 g/mol. The lowest BCUT2D eigenvalue weighted by Gasteiger charge is -2.33. The number of rotatable bonds is 12. The van der Waals surface area contributed by atoms with Gasteiger partial charge >= 0.3 is 0 Å². The zero-order valence-corrected chi connectivity index (χ0v) is 25.8. The third kappa shape index (κ3) is 9.35. The first-order valence-corrected chi connectivity index (χ1v) is 15.8. The smallest absolute Gasteiger partial charge is 0.244 e. The van der Waals surface area contributed by atoms with Crippen LogP contribution in [-0.4, -0.2) is 50.5 Å². The van der Waals surface area contributed by atoms with Crippen molar-refractivity contribution in [3.63, 3.8) is 0 Å². The van der Waals surface area contributed by atoms with Crippen molar-refractivity contribution < 1.29 is 18.0 Å². The Labute approximate surface area is 245 Å². The predicted octanol–water partition coefficient (Wildman–Crippen LogP) is 4.78. The fourth-order valence-corrected chi connectivity index (χ4v) is 5.41. The van der Waals surface area contributed by atoms with E-state index in [0.717, 1.165) is 30.8 Å². The molecule has 0 saturated carbocycles. The Morgan fingerprint density at radius 3 is 2.15 bits per heavy atom. The summed E-state index contributed by atoms with van der Waals surface area (Å²) in [5.74, 6) is -0.497. The van der Waals surface area contributed by atoms with Crippen LogP contribution in [-0.2, 0) is 32.6 Å². The van der Waals surface area contributed by atoms with Gasteiger partial charge in [-0.2, -0.15) is 0 Å². The van der Waals surface area contributed by atoms with Gasteiger partial charge in [0.1, 0.15) is 12.6 Å². The molecule has 0 bridgehead atoms. The lowest BCUT2D eigenvalue weighted by molar-refractivity contribution is -0.140. The van der Waals surface area contributed by atoms with Crippen LogP contribution in [0.5, 0.6) is 0 Å². The highest BCUT2D eigenvalue weighted by Crippen LogP contribution is 2.21. The molecule has 0 heterocycles. The Kier molecular flexibility index (Phi) is 10.9. The molecule has 7 nitrogen and oxygen atoms in total. The van der Waals surface area contributed by atoms with Crippen molar-refractivity contribution in [3.05, 3.63) is 99.1 Å². The number of benzene rings is 3. The summed E-state index contributed by atoms with van der Waals surface area (Å²) in [4.78, 5) is 29.2. The first-order valence-electron chi connectivity index (χ1n) is 12.8. The van der Waals surface area contributed by atoms with Gasteiger partial charge in [-0.25, -0.2) is 8.42 Å². The fourth-order valence-electron chi connectivity index (χ4n) is 4.20. The van der Waals surface area contributed by atoms with Crippen molar-refractivity contribution in [2.45, 2.75) is 39.8 Å². The molecule has 3 aromatic rings. The topological polar surface area (TPSA) is 86.8 Å². The van der Waals surface area contributed by atoms with Crippen LogP contribution < -0.4 is 9.62 Å². The Bertz CT molecular complexity index is 1360. The molecular formula is C30H36IN3O4S. The van der Waals surface area contributed by atoms with Gasteiger partial charge in [0.15, 0.2) is 0 Å². The Morgan fingerprint density at radius 2 is 1.56 bits per heavy atom. The number of amides is 2. The molecule has 9 heteroatoms. The van der Waals surface area contributed by atoms with E-state index >= 15 is 0 Å². The largest absolute Gasteiger partial charge is 0.354 e. The summed E-state index contributed by atoms with van der Waals surface area (Å²) in [7, 11) is -3.78. The minimum Gasteiger partial charge on any atom is -0.354 e. The standard InChI is InChI=1S/C30H36IN3O4S/c1-22(2)19-32-30(36)28(18-24-10-6-5-7-11-24)33(20-25-12-8-9-23(3)17-25)29(35)21-34(39(4,37)38)27-15-13-26(31)14-16-27/h5-17,22,28H,18-21H2,1-4H3,(H,32,36)/t28-/m1/s1. The highest BCUT2D eigenvalue weighted by Gasteiger charge is 2.33. The summed E-state index contributed by atoms with van der Waals surface area (Å²) >= 11 is 2.14. The van der Waals surface area contributed by atoms with Crippen molar-refractivity contribution >= 4 is 50.1 Å². The Morgan fingerprint density at radius 1 is 0.923 bits per heavy atom. The Balaban J connectivity index is 2.04. The minimum absolute atomic E-state index is 0.164. The van der Waals surface area contributed by atoms with Gasteiger partial charge in [-0.1, -0.05) is 74.0 Å². The van der Waals surface area contributed by atoms with Gasteiger partial charge in [-0.3, -0.25) is 13.9 Å². The van der Waals surface area contributed by atoms with E-state index in [1.807, 2.05) is 75.4 Å². The number of aryl methyl sites for hydroxylation is 1. The van der Waals surface area contributed by atoms with Gasteiger partial charge in [-0.05, 0) is 70.8 Å². The average Bonchev–Trinajstić information content (AvgIpc) is 2.88. The number of hydrogen-bond donors (Lipinski definition) is 1. The summed E-state index contributed by atoms with van der Waals surface area (Å²) in [5.41, 5.74) is 3.19. The number of nitrogens with zero attached hydrogens (tertiary/aromatic N) is 2.